The summed E-state index contributed by atoms with van der Waals surface area (Å²) in [6.07, 6.45) is 3.00. The van der Waals surface area contributed by atoms with Crippen LogP contribution in [0.2, 0.25) is 0 Å². The maximum absolute atomic E-state index is 11.9. The van der Waals surface area contributed by atoms with Gasteiger partial charge < -0.3 is 10.1 Å². The summed E-state index contributed by atoms with van der Waals surface area (Å²) in [5.74, 6) is 0.864. The Labute approximate surface area is 112 Å². The number of amides is 1. The Morgan fingerprint density at radius 3 is 2.50 bits per heavy atom. The van der Waals surface area contributed by atoms with Crippen LogP contribution in [0.3, 0.4) is 0 Å². The molecule has 0 saturated heterocycles. The molecule has 1 heterocycles. The standard InChI is InChI=1S/C12H10BrN3O2/c1-18-9-4-2-8(3-5-9)12(17)16-11-7-14-10(13)6-15-11/h2-7H,1H3,(H,15,16,17). The Kier molecular flexibility index (Phi) is 3.88. The topological polar surface area (TPSA) is 64.1 Å². The van der Waals surface area contributed by atoms with Crippen LogP contribution < -0.4 is 10.1 Å². The molecule has 1 N–H and O–H groups in total. The number of ether oxygens (including phenoxy) is 1. The third-order valence-corrected chi connectivity index (χ3v) is 2.62. The summed E-state index contributed by atoms with van der Waals surface area (Å²) < 4.78 is 5.64. The molecule has 18 heavy (non-hydrogen) atoms. The van der Waals surface area contributed by atoms with E-state index in [1.54, 1.807) is 31.4 Å². The molecule has 2 aromatic rings. The molecule has 6 heteroatoms. The molecule has 0 fully saturated rings. The lowest BCUT2D eigenvalue weighted by Gasteiger charge is -2.05. The molecular formula is C12H10BrN3O2. The number of nitrogens with zero attached hydrogens (tertiary/aromatic N) is 2. The summed E-state index contributed by atoms with van der Waals surface area (Å²) in [6, 6.07) is 6.81. The summed E-state index contributed by atoms with van der Waals surface area (Å²) in [4.78, 5) is 19.9. The normalized spacial score (nSPS) is 9.89. The van der Waals surface area contributed by atoms with E-state index in [9.17, 15) is 4.79 Å². The Balaban J connectivity index is 2.09. The SMILES string of the molecule is COc1ccc(C(=O)Nc2cnc(Br)cn2)cc1. The van der Waals surface area contributed by atoms with Gasteiger partial charge in [-0.15, -0.1) is 0 Å². The van der Waals surface area contributed by atoms with Crippen molar-refractivity contribution in [2.45, 2.75) is 0 Å². The minimum Gasteiger partial charge on any atom is -0.497 e. The van der Waals surface area contributed by atoms with Crippen LogP contribution in [-0.2, 0) is 0 Å². The van der Waals surface area contributed by atoms with E-state index >= 15 is 0 Å². The first-order valence-corrected chi connectivity index (χ1v) is 5.91. The van der Waals surface area contributed by atoms with Gasteiger partial charge in [0, 0.05) is 5.56 Å². The Morgan fingerprint density at radius 2 is 1.94 bits per heavy atom. The zero-order valence-electron chi connectivity index (χ0n) is 9.55. The van der Waals surface area contributed by atoms with Crippen molar-refractivity contribution in [2.75, 3.05) is 12.4 Å². The molecule has 0 radical (unpaired) electrons. The number of rotatable bonds is 3. The number of carbonyl (C=O) groups excluding carboxylic acids is 1. The molecule has 1 aromatic heterocycles. The number of methoxy groups -OCH3 is 1. The first kappa shape index (κ1) is 12.5. The van der Waals surface area contributed by atoms with Crippen LogP contribution in [0.25, 0.3) is 0 Å². The van der Waals surface area contributed by atoms with E-state index in [1.165, 1.54) is 12.4 Å². The van der Waals surface area contributed by atoms with Gasteiger partial charge in [-0.05, 0) is 40.2 Å². The van der Waals surface area contributed by atoms with E-state index in [4.69, 9.17) is 4.74 Å². The maximum Gasteiger partial charge on any atom is 0.256 e. The fourth-order valence-corrected chi connectivity index (χ4v) is 1.51. The molecule has 0 aliphatic carbocycles. The number of hydrogen-bond acceptors (Lipinski definition) is 4. The van der Waals surface area contributed by atoms with Gasteiger partial charge in [0.05, 0.1) is 19.5 Å². The van der Waals surface area contributed by atoms with Crippen molar-refractivity contribution in [3.05, 3.63) is 46.8 Å². The average Bonchev–Trinajstić information content (AvgIpc) is 2.41. The largest absolute Gasteiger partial charge is 0.497 e. The van der Waals surface area contributed by atoms with Crippen molar-refractivity contribution in [3.63, 3.8) is 0 Å². The highest BCUT2D eigenvalue weighted by atomic mass is 79.9. The number of nitrogens with one attached hydrogen (secondary N) is 1. The molecule has 0 aliphatic heterocycles. The summed E-state index contributed by atoms with van der Waals surface area (Å²) >= 11 is 3.17. The lowest BCUT2D eigenvalue weighted by atomic mass is 10.2. The van der Waals surface area contributed by atoms with Crippen LogP contribution in [0.1, 0.15) is 10.4 Å². The number of halogens is 1. The van der Waals surface area contributed by atoms with Crippen molar-refractivity contribution in [2.24, 2.45) is 0 Å². The summed E-state index contributed by atoms with van der Waals surface area (Å²) in [5, 5.41) is 2.65. The number of benzene rings is 1. The molecule has 1 aromatic carbocycles. The molecule has 0 aliphatic rings. The van der Waals surface area contributed by atoms with Gasteiger partial charge in [0.25, 0.3) is 5.91 Å². The van der Waals surface area contributed by atoms with Gasteiger partial charge in [0.1, 0.15) is 10.4 Å². The molecule has 0 unspecified atom stereocenters. The fourth-order valence-electron chi connectivity index (χ4n) is 1.31. The Morgan fingerprint density at radius 1 is 1.22 bits per heavy atom. The van der Waals surface area contributed by atoms with Crippen LogP contribution >= 0.6 is 15.9 Å². The van der Waals surface area contributed by atoms with Crippen LogP contribution in [0.15, 0.2) is 41.3 Å². The van der Waals surface area contributed by atoms with Gasteiger partial charge in [0.15, 0.2) is 5.82 Å². The molecule has 2 rings (SSSR count). The number of carbonyl (C=O) groups is 1. The number of hydrogen-bond donors (Lipinski definition) is 1. The van der Waals surface area contributed by atoms with Crippen molar-refractivity contribution in [3.8, 4) is 5.75 Å². The molecule has 0 bridgehead atoms. The minimum absolute atomic E-state index is 0.241. The summed E-state index contributed by atoms with van der Waals surface area (Å²) in [7, 11) is 1.58. The van der Waals surface area contributed by atoms with Crippen molar-refractivity contribution in [1.29, 1.82) is 0 Å². The van der Waals surface area contributed by atoms with Crippen LogP contribution in [0, 0.1) is 0 Å². The van der Waals surface area contributed by atoms with Gasteiger partial charge >= 0.3 is 0 Å². The maximum atomic E-state index is 11.9. The van der Waals surface area contributed by atoms with Crippen LogP contribution in [0.4, 0.5) is 5.82 Å². The predicted octanol–water partition coefficient (Wildman–Crippen LogP) is 2.50. The quantitative estimate of drug-likeness (QED) is 0.946. The van der Waals surface area contributed by atoms with Crippen LogP contribution in [-0.4, -0.2) is 23.0 Å². The third kappa shape index (κ3) is 3.04. The van der Waals surface area contributed by atoms with E-state index < -0.39 is 0 Å². The second-order valence-electron chi connectivity index (χ2n) is 3.41. The molecule has 0 atom stereocenters. The molecule has 1 amide bonds. The van der Waals surface area contributed by atoms with Crippen molar-refractivity contribution in [1.82, 2.24) is 9.97 Å². The van der Waals surface area contributed by atoms with E-state index in [0.717, 1.165) is 0 Å². The van der Waals surface area contributed by atoms with Gasteiger partial charge in [0.2, 0.25) is 0 Å². The van der Waals surface area contributed by atoms with Gasteiger partial charge in [-0.3, -0.25) is 4.79 Å². The average molecular weight is 308 g/mol. The second kappa shape index (κ2) is 5.59. The summed E-state index contributed by atoms with van der Waals surface area (Å²) in [5.41, 5.74) is 0.528. The second-order valence-corrected chi connectivity index (χ2v) is 4.22. The van der Waals surface area contributed by atoms with E-state index in [-0.39, 0.29) is 5.91 Å². The minimum atomic E-state index is -0.241. The van der Waals surface area contributed by atoms with Crippen molar-refractivity contribution >= 4 is 27.7 Å². The number of aromatic nitrogens is 2. The first-order valence-electron chi connectivity index (χ1n) is 5.12. The highest BCUT2D eigenvalue weighted by Gasteiger charge is 2.06. The molecular weight excluding hydrogens is 298 g/mol. The predicted molar refractivity (Wildman–Crippen MR) is 70.7 cm³/mol. The van der Waals surface area contributed by atoms with E-state index in [1.807, 2.05) is 0 Å². The molecule has 0 saturated carbocycles. The van der Waals surface area contributed by atoms with Crippen molar-refractivity contribution < 1.29 is 9.53 Å². The lowest BCUT2D eigenvalue weighted by molar-refractivity contribution is 0.102. The monoisotopic (exact) mass is 307 g/mol. The molecule has 5 nitrogen and oxygen atoms in total. The lowest BCUT2D eigenvalue weighted by Crippen LogP contribution is -2.12. The smallest absolute Gasteiger partial charge is 0.256 e. The van der Waals surface area contributed by atoms with Gasteiger partial charge in [-0.25, -0.2) is 9.97 Å². The highest BCUT2D eigenvalue weighted by Crippen LogP contribution is 2.13. The van der Waals surface area contributed by atoms with Gasteiger partial charge in [-0.2, -0.15) is 0 Å². The Hall–Kier alpha value is -1.95. The number of anilines is 1. The zero-order chi connectivity index (χ0) is 13.0. The zero-order valence-corrected chi connectivity index (χ0v) is 11.1. The van der Waals surface area contributed by atoms with E-state index in [0.29, 0.717) is 21.7 Å². The van der Waals surface area contributed by atoms with Gasteiger partial charge in [-0.1, -0.05) is 0 Å². The van der Waals surface area contributed by atoms with E-state index in [2.05, 4.69) is 31.2 Å². The third-order valence-electron chi connectivity index (χ3n) is 2.21. The Bertz CT molecular complexity index is 540. The highest BCUT2D eigenvalue weighted by molar-refractivity contribution is 9.10. The fraction of sp³-hybridized carbons (Fsp3) is 0.0833. The first-order chi connectivity index (χ1) is 8.69. The molecule has 0 spiro atoms. The molecule has 92 valence electrons. The van der Waals surface area contributed by atoms with Crippen LogP contribution in [0.5, 0.6) is 5.75 Å². The summed E-state index contributed by atoms with van der Waals surface area (Å²) in [6.45, 7) is 0.